The largest absolute Gasteiger partial charge is 0.497 e. The predicted molar refractivity (Wildman–Crippen MR) is 113 cm³/mol. The molecule has 1 amide bonds. The number of aromatic nitrogens is 3. The highest BCUT2D eigenvalue weighted by atomic mass is 35.5. The summed E-state index contributed by atoms with van der Waals surface area (Å²) in [4.78, 5) is 12.6. The summed E-state index contributed by atoms with van der Waals surface area (Å²) in [5, 5.41) is 11.2. The Balaban J connectivity index is 1.56. The fraction of sp³-hybridized carbons (Fsp3) is 0.0455. The number of carbonyl (C=O) groups excluding carboxylic acids is 1. The second kappa shape index (κ2) is 8.34. The van der Waals surface area contributed by atoms with Gasteiger partial charge < -0.3 is 10.1 Å². The number of halogens is 2. The Morgan fingerprint density at radius 3 is 2.50 bits per heavy atom. The van der Waals surface area contributed by atoms with Gasteiger partial charge in [0.15, 0.2) is 0 Å². The summed E-state index contributed by atoms with van der Waals surface area (Å²) in [7, 11) is 1.54. The molecule has 0 saturated carbocycles. The summed E-state index contributed by atoms with van der Waals surface area (Å²) in [6.07, 6.45) is 1.60. The van der Waals surface area contributed by atoms with Crippen LogP contribution in [0.5, 0.6) is 5.75 Å². The van der Waals surface area contributed by atoms with E-state index in [2.05, 4.69) is 15.6 Å². The SMILES string of the molecule is COc1ccc(Cl)c(NC(=O)c2ccc(-n3nncc3-c3ccc(F)cc3)cc2)c1. The number of methoxy groups -OCH3 is 1. The highest BCUT2D eigenvalue weighted by Crippen LogP contribution is 2.27. The zero-order valence-corrected chi connectivity index (χ0v) is 16.6. The topological polar surface area (TPSA) is 69.0 Å². The maximum Gasteiger partial charge on any atom is 0.255 e. The van der Waals surface area contributed by atoms with E-state index in [1.54, 1.807) is 65.5 Å². The molecule has 0 bridgehead atoms. The van der Waals surface area contributed by atoms with Crippen LogP contribution < -0.4 is 10.1 Å². The number of ether oxygens (including phenoxy) is 1. The number of rotatable bonds is 5. The summed E-state index contributed by atoms with van der Waals surface area (Å²) in [6.45, 7) is 0. The van der Waals surface area contributed by atoms with Crippen molar-refractivity contribution in [2.75, 3.05) is 12.4 Å². The minimum absolute atomic E-state index is 0.311. The highest BCUT2D eigenvalue weighted by molar-refractivity contribution is 6.34. The highest BCUT2D eigenvalue weighted by Gasteiger charge is 2.12. The minimum atomic E-state index is -0.315. The van der Waals surface area contributed by atoms with Gasteiger partial charge in [0.05, 0.1) is 35.4 Å². The molecular formula is C22H16ClFN4O2. The molecule has 150 valence electrons. The molecule has 0 fully saturated rings. The van der Waals surface area contributed by atoms with Gasteiger partial charge in [0.1, 0.15) is 11.6 Å². The average molecular weight is 423 g/mol. The molecular weight excluding hydrogens is 407 g/mol. The lowest BCUT2D eigenvalue weighted by Crippen LogP contribution is -2.12. The number of anilines is 1. The number of amides is 1. The lowest BCUT2D eigenvalue weighted by molar-refractivity contribution is 0.102. The first-order chi connectivity index (χ1) is 14.5. The minimum Gasteiger partial charge on any atom is -0.497 e. The van der Waals surface area contributed by atoms with Crippen molar-refractivity contribution >= 4 is 23.2 Å². The molecule has 0 radical (unpaired) electrons. The van der Waals surface area contributed by atoms with Crippen molar-refractivity contribution < 1.29 is 13.9 Å². The number of hydrogen-bond acceptors (Lipinski definition) is 4. The number of carbonyl (C=O) groups is 1. The molecule has 1 aromatic heterocycles. The third-order valence-corrected chi connectivity index (χ3v) is 4.81. The molecule has 0 spiro atoms. The maximum absolute atomic E-state index is 13.2. The summed E-state index contributed by atoms with van der Waals surface area (Å²) < 4.78 is 20.0. The second-order valence-corrected chi connectivity index (χ2v) is 6.79. The molecule has 4 aromatic rings. The van der Waals surface area contributed by atoms with Crippen LogP contribution in [0.4, 0.5) is 10.1 Å². The molecule has 8 heteroatoms. The van der Waals surface area contributed by atoms with Gasteiger partial charge in [-0.3, -0.25) is 4.79 Å². The first kappa shape index (κ1) is 19.6. The van der Waals surface area contributed by atoms with Gasteiger partial charge in [0, 0.05) is 17.2 Å². The quantitative estimate of drug-likeness (QED) is 0.492. The van der Waals surface area contributed by atoms with Gasteiger partial charge in [-0.1, -0.05) is 16.8 Å². The number of nitrogens with one attached hydrogen (secondary N) is 1. The summed E-state index contributed by atoms with van der Waals surface area (Å²) in [5.41, 5.74) is 3.09. The maximum atomic E-state index is 13.2. The Morgan fingerprint density at radius 2 is 1.80 bits per heavy atom. The van der Waals surface area contributed by atoms with Gasteiger partial charge in [0.25, 0.3) is 5.91 Å². The van der Waals surface area contributed by atoms with Crippen LogP contribution >= 0.6 is 11.6 Å². The van der Waals surface area contributed by atoms with Gasteiger partial charge >= 0.3 is 0 Å². The molecule has 4 rings (SSSR count). The number of benzene rings is 3. The fourth-order valence-corrected chi connectivity index (χ4v) is 3.08. The molecule has 30 heavy (non-hydrogen) atoms. The molecule has 0 atom stereocenters. The Labute approximate surface area is 176 Å². The lowest BCUT2D eigenvalue weighted by atomic mass is 10.1. The van der Waals surface area contributed by atoms with Gasteiger partial charge in [-0.2, -0.15) is 0 Å². The van der Waals surface area contributed by atoms with E-state index in [-0.39, 0.29) is 11.7 Å². The van der Waals surface area contributed by atoms with Crippen molar-refractivity contribution in [1.29, 1.82) is 0 Å². The van der Waals surface area contributed by atoms with Gasteiger partial charge in [0.2, 0.25) is 0 Å². The fourth-order valence-electron chi connectivity index (χ4n) is 2.92. The van der Waals surface area contributed by atoms with E-state index in [0.29, 0.717) is 33.4 Å². The molecule has 0 aliphatic rings. The third-order valence-electron chi connectivity index (χ3n) is 4.49. The third kappa shape index (κ3) is 4.01. The summed E-state index contributed by atoms with van der Waals surface area (Å²) in [6, 6.07) is 17.9. The molecule has 6 nitrogen and oxygen atoms in total. The van der Waals surface area contributed by atoms with Gasteiger partial charge in [-0.15, -0.1) is 5.10 Å². The van der Waals surface area contributed by atoms with E-state index in [4.69, 9.17) is 16.3 Å². The van der Waals surface area contributed by atoms with Gasteiger partial charge in [-0.25, -0.2) is 9.07 Å². The molecule has 1 heterocycles. The van der Waals surface area contributed by atoms with Gasteiger partial charge in [-0.05, 0) is 60.7 Å². The Hall–Kier alpha value is -3.71. The molecule has 0 aliphatic heterocycles. The van der Waals surface area contributed by atoms with Crippen molar-refractivity contribution in [1.82, 2.24) is 15.0 Å². The van der Waals surface area contributed by atoms with E-state index in [9.17, 15) is 9.18 Å². The van der Waals surface area contributed by atoms with Crippen molar-refractivity contribution in [3.05, 3.63) is 89.3 Å². The van der Waals surface area contributed by atoms with Crippen molar-refractivity contribution in [2.45, 2.75) is 0 Å². The summed E-state index contributed by atoms with van der Waals surface area (Å²) >= 11 is 6.15. The van der Waals surface area contributed by atoms with E-state index in [1.165, 1.54) is 19.2 Å². The van der Waals surface area contributed by atoms with Crippen LogP contribution in [0.25, 0.3) is 16.9 Å². The monoisotopic (exact) mass is 422 g/mol. The second-order valence-electron chi connectivity index (χ2n) is 6.38. The first-order valence-electron chi connectivity index (χ1n) is 8.97. The zero-order valence-electron chi connectivity index (χ0n) is 15.8. The van der Waals surface area contributed by atoms with Crippen LogP contribution in [0.2, 0.25) is 5.02 Å². The number of nitrogens with zero attached hydrogens (tertiary/aromatic N) is 3. The molecule has 3 aromatic carbocycles. The predicted octanol–water partition coefficient (Wildman–Crippen LogP) is 4.99. The standard InChI is InChI=1S/C22H16ClFN4O2/c1-30-18-10-11-19(23)20(12-18)26-22(29)15-4-8-17(9-5-15)28-21(13-25-27-28)14-2-6-16(24)7-3-14/h2-13H,1H3,(H,26,29). The molecule has 0 aliphatic carbocycles. The normalized spacial score (nSPS) is 10.6. The zero-order chi connectivity index (χ0) is 21.1. The van der Waals surface area contributed by atoms with Crippen LogP contribution in [0.15, 0.2) is 72.9 Å². The first-order valence-corrected chi connectivity index (χ1v) is 9.35. The lowest BCUT2D eigenvalue weighted by Gasteiger charge is -2.10. The average Bonchev–Trinajstić information content (AvgIpc) is 3.26. The molecule has 0 unspecified atom stereocenters. The van der Waals surface area contributed by atoms with E-state index in [0.717, 1.165) is 5.56 Å². The van der Waals surface area contributed by atoms with Crippen LogP contribution in [-0.4, -0.2) is 28.0 Å². The number of hydrogen-bond donors (Lipinski definition) is 1. The Bertz CT molecular complexity index is 1190. The van der Waals surface area contributed by atoms with Crippen molar-refractivity contribution in [3.8, 4) is 22.7 Å². The van der Waals surface area contributed by atoms with Crippen molar-refractivity contribution in [2.24, 2.45) is 0 Å². The van der Waals surface area contributed by atoms with E-state index in [1.807, 2.05) is 0 Å². The molecule has 1 N–H and O–H groups in total. The van der Waals surface area contributed by atoms with Crippen molar-refractivity contribution in [3.63, 3.8) is 0 Å². The van der Waals surface area contributed by atoms with Crippen LogP contribution in [-0.2, 0) is 0 Å². The summed E-state index contributed by atoms with van der Waals surface area (Å²) in [5.74, 6) is -0.0390. The smallest absolute Gasteiger partial charge is 0.255 e. The van der Waals surface area contributed by atoms with Crippen LogP contribution in [0.3, 0.4) is 0 Å². The van der Waals surface area contributed by atoms with Crippen LogP contribution in [0.1, 0.15) is 10.4 Å². The Kier molecular flexibility index (Phi) is 5.45. The van der Waals surface area contributed by atoms with Crippen LogP contribution in [0, 0.1) is 5.82 Å². The van der Waals surface area contributed by atoms with E-state index < -0.39 is 0 Å². The Morgan fingerprint density at radius 1 is 1.07 bits per heavy atom. The molecule has 0 saturated heterocycles. The van der Waals surface area contributed by atoms with E-state index >= 15 is 0 Å².